The maximum absolute atomic E-state index is 13.2. The molecule has 1 aliphatic carbocycles. The van der Waals surface area contributed by atoms with Gasteiger partial charge in [0.1, 0.15) is 0 Å². The molecule has 4 atom stereocenters. The summed E-state index contributed by atoms with van der Waals surface area (Å²) < 4.78 is 0. The number of hydrogen-bond acceptors (Lipinski definition) is 3. The Labute approximate surface area is 192 Å². The van der Waals surface area contributed by atoms with E-state index in [-0.39, 0.29) is 39.2 Å². The Balaban J connectivity index is 1.67. The number of para-hydroxylation sites is 1. The molecule has 5 nitrogen and oxygen atoms in total. The number of halogens is 2. The first-order valence-electron chi connectivity index (χ1n) is 9.92. The van der Waals surface area contributed by atoms with E-state index in [9.17, 15) is 14.4 Å². The van der Waals surface area contributed by atoms with Crippen LogP contribution in [-0.4, -0.2) is 27.4 Å². The fourth-order valence-electron chi connectivity index (χ4n) is 4.27. The normalized spacial score (nSPS) is 25.9. The van der Waals surface area contributed by atoms with E-state index in [1.807, 2.05) is 32.0 Å². The predicted molar refractivity (Wildman–Crippen MR) is 124 cm³/mol. The molecule has 2 aromatic rings. The van der Waals surface area contributed by atoms with Crippen LogP contribution in [0.25, 0.3) is 0 Å². The summed E-state index contributed by atoms with van der Waals surface area (Å²) in [7, 11) is 0. The molecule has 30 heavy (non-hydrogen) atoms. The fraction of sp³-hybridized carbons (Fsp3) is 0.348. The maximum Gasteiger partial charge on any atom is 0.257 e. The Morgan fingerprint density at radius 3 is 2.17 bits per heavy atom. The molecule has 1 saturated carbocycles. The standard InChI is InChI=1S/C23H22Br2N2O3/c1-12-6-5-8-19(13(12)2)26-21(28)14-7-3-4-9-20(14)27-22(29)15-10-17(24)18(25)11-16(15)23(27)30/h3-9,15-18H,10-11H2,1-2H3,(H,26,28)/t15-,16+,17+,18-. The lowest BCUT2D eigenvalue weighted by Crippen LogP contribution is -2.34. The van der Waals surface area contributed by atoms with Crippen LogP contribution in [-0.2, 0) is 9.59 Å². The van der Waals surface area contributed by atoms with E-state index < -0.39 is 0 Å². The van der Waals surface area contributed by atoms with E-state index in [0.29, 0.717) is 29.8 Å². The van der Waals surface area contributed by atoms with E-state index in [0.717, 1.165) is 11.1 Å². The molecule has 3 amide bonds. The van der Waals surface area contributed by atoms with Crippen molar-refractivity contribution < 1.29 is 14.4 Å². The number of carbonyl (C=O) groups excluding carboxylic acids is 3. The van der Waals surface area contributed by atoms with Crippen LogP contribution < -0.4 is 10.2 Å². The minimum absolute atomic E-state index is 0.137. The van der Waals surface area contributed by atoms with Gasteiger partial charge in [0.25, 0.3) is 5.91 Å². The zero-order valence-electron chi connectivity index (χ0n) is 16.7. The van der Waals surface area contributed by atoms with Gasteiger partial charge < -0.3 is 5.32 Å². The quantitative estimate of drug-likeness (QED) is 0.447. The van der Waals surface area contributed by atoms with Crippen LogP contribution in [0.15, 0.2) is 42.5 Å². The highest BCUT2D eigenvalue weighted by Gasteiger charge is 2.52. The number of rotatable bonds is 3. The van der Waals surface area contributed by atoms with Gasteiger partial charge >= 0.3 is 0 Å². The summed E-state index contributed by atoms with van der Waals surface area (Å²) >= 11 is 7.22. The van der Waals surface area contributed by atoms with Gasteiger partial charge in [0.2, 0.25) is 11.8 Å². The minimum atomic E-state index is -0.356. The van der Waals surface area contributed by atoms with Crippen molar-refractivity contribution in [2.45, 2.75) is 36.3 Å². The van der Waals surface area contributed by atoms with Crippen molar-refractivity contribution in [3.63, 3.8) is 0 Å². The van der Waals surface area contributed by atoms with Crippen molar-refractivity contribution in [3.05, 3.63) is 59.2 Å². The Morgan fingerprint density at radius 1 is 0.933 bits per heavy atom. The first-order chi connectivity index (χ1) is 14.3. The zero-order valence-corrected chi connectivity index (χ0v) is 19.9. The lowest BCUT2D eigenvalue weighted by molar-refractivity contribution is -0.122. The van der Waals surface area contributed by atoms with E-state index in [1.54, 1.807) is 24.3 Å². The molecule has 0 unspecified atom stereocenters. The van der Waals surface area contributed by atoms with Crippen LogP contribution >= 0.6 is 31.9 Å². The van der Waals surface area contributed by atoms with E-state index in [2.05, 4.69) is 37.2 Å². The van der Waals surface area contributed by atoms with Crippen molar-refractivity contribution in [1.29, 1.82) is 0 Å². The summed E-state index contributed by atoms with van der Waals surface area (Å²) in [5, 5.41) is 2.93. The van der Waals surface area contributed by atoms with Gasteiger partial charge in [-0.25, -0.2) is 4.90 Å². The minimum Gasteiger partial charge on any atom is -0.322 e. The number of nitrogens with one attached hydrogen (secondary N) is 1. The monoisotopic (exact) mass is 532 g/mol. The van der Waals surface area contributed by atoms with Crippen molar-refractivity contribution in [1.82, 2.24) is 0 Å². The van der Waals surface area contributed by atoms with Gasteiger partial charge in [0, 0.05) is 15.3 Å². The van der Waals surface area contributed by atoms with Gasteiger partial charge in [0.05, 0.1) is 23.1 Å². The number of imide groups is 1. The highest BCUT2D eigenvalue weighted by molar-refractivity contribution is 9.12. The summed E-state index contributed by atoms with van der Waals surface area (Å²) in [6.45, 7) is 3.93. The first kappa shape index (κ1) is 21.2. The number of fused-ring (bicyclic) bond motifs is 1. The van der Waals surface area contributed by atoms with Gasteiger partial charge in [-0.1, -0.05) is 56.1 Å². The lowest BCUT2D eigenvalue weighted by atomic mass is 9.81. The number of alkyl halides is 2. The smallest absolute Gasteiger partial charge is 0.257 e. The predicted octanol–water partition coefficient (Wildman–Crippen LogP) is 4.98. The number of amides is 3. The molecule has 156 valence electrons. The average Bonchev–Trinajstić information content (AvgIpc) is 2.95. The molecule has 0 spiro atoms. The summed E-state index contributed by atoms with van der Waals surface area (Å²) in [6.07, 6.45) is 1.19. The number of benzene rings is 2. The van der Waals surface area contributed by atoms with Crippen LogP contribution in [0.1, 0.15) is 34.3 Å². The van der Waals surface area contributed by atoms with Gasteiger partial charge in [-0.2, -0.15) is 0 Å². The third-order valence-corrected chi connectivity index (χ3v) is 8.89. The van der Waals surface area contributed by atoms with Gasteiger partial charge in [-0.3, -0.25) is 14.4 Å². The molecule has 4 rings (SSSR count). The number of carbonyl (C=O) groups is 3. The zero-order chi connectivity index (χ0) is 21.6. The van der Waals surface area contributed by atoms with Crippen LogP contribution in [0.5, 0.6) is 0 Å². The summed E-state index contributed by atoms with van der Waals surface area (Å²) in [5.41, 5.74) is 3.43. The molecule has 1 heterocycles. The second-order valence-corrected chi connectivity index (χ2v) is 10.3. The Hall–Kier alpha value is -1.99. The molecule has 2 aromatic carbocycles. The third kappa shape index (κ3) is 3.62. The molecular formula is C23H22Br2N2O3. The summed E-state index contributed by atoms with van der Waals surface area (Å²) in [5.74, 6) is -1.50. The van der Waals surface area contributed by atoms with Crippen molar-refractivity contribution in [3.8, 4) is 0 Å². The summed E-state index contributed by atoms with van der Waals surface area (Å²) in [4.78, 5) is 41.0. The van der Waals surface area contributed by atoms with Gasteiger partial charge in [0.15, 0.2) is 0 Å². The van der Waals surface area contributed by atoms with E-state index in [4.69, 9.17) is 0 Å². The van der Waals surface area contributed by atoms with Crippen molar-refractivity contribution in [2.24, 2.45) is 11.8 Å². The Morgan fingerprint density at radius 2 is 1.53 bits per heavy atom. The SMILES string of the molecule is Cc1cccc(NC(=O)c2ccccc2N2C(=O)[C@H]3C[C@@H](Br)[C@@H](Br)C[C@H]3C2=O)c1C. The number of aryl methyl sites for hydroxylation is 1. The van der Waals surface area contributed by atoms with Crippen molar-refractivity contribution >= 4 is 61.0 Å². The van der Waals surface area contributed by atoms with E-state index in [1.165, 1.54) is 4.90 Å². The molecule has 0 radical (unpaired) electrons. The third-order valence-electron chi connectivity index (χ3n) is 6.15. The lowest BCUT2D eigenvalue weighted by Gasteiger charge is -2.29. The van der Waals surface area contributed by atoms with E-state index >= 15 is 0 Å². The largest absolute Gasteiger partial charge is 0.322 e. The second kappa shape index (κ2) is 8.27. The average molecular weight is 534 g/mol. The second-order valence-electron chi connectivity index (χ2n) is 7.95. The molecule has 1 saturated heterocycles. The van der Waals surface area contributed by atoms with Gasteiger partial charge in [-0.05, 0) is 56.0 Å². The molecule has 1 aliphatic heterocycles. The number of anilines is 2. The molecular weight excluding hydrogens is 512 g/mol. The van der Waals surface area contributed by atoms with Crippen LogP contribution in [0.3, 0.4) is 0 Å². The van der Waals surface area contributed by atoms with Crippen LogP contribution in [0.4, 0.5) is 11.4 Å². The maximum atomic E-state index is 13.2. The Bertz CT molecular complexity index is 1010. The molecule has 2 fully saturated rings. The van der Waals surface area contributed by atoms with Crippen LogP contribution in [0, 0.1) is 25.7 Å². The fourth-order valence-corrected chi connectivity index (χ4v) is 5.51. The topological polar surface area (TPSA) is 66.5 Å². The summed E-state index contributed by atoms with van der Waals surface area (Å²) in [6, 6.07) is 12.5. The molecule has 0 bridgehead atoms. The molecule has 0 aromatic heterocycles. The Kier molecular flexibility index (Phi) is 5.86. The number of nitrogens with zero attached hydrogens (tertiary/aromatic N) is 1. The molecule has 7 heteroatoms. The van der Waals surface area contributed by atoms with Crippen LogP contribution in [0.2, 0.25) is 0 Å². The molecule has 1 N–H and O–H groups in total. The van der Waals surface area contributed by atoms with Gasteiger partial charge in [-0.15, -0.1) is 0 Å². The van der Waals surface area contributed by atoms with Crippen molar-refractivity contribution in [2.75, 3.05) is 10.2 Å². The highest BCUT2D eigenvalue weighted by atomic mass is 79.9. The molecule has 2 aliphatic rings. The first-order valence-corrected chi connectivity index (χ1v) is 11.7. The number of hydrogen-bond donors (Lipinski definition) is 1. The highest BCUT2D eigenvalue weighted by Crippen LogP contribution is 2.45.